The number of hydrogen-bond donors (Lipinski definition) is 0. The van der Waals surface area contributed by atoms with Gasteiger partial charge in [-0.25, -0.2) is 0 Å². The van der Waals surface area contributed by atoms with Crippen LogP contribution in [0.2, 0.25) is 0 Å². The highest BCUT2D eigenvalue weighted by atomic mass is 14.4. The number of hydrogen-bond acceptors (Lipinski definition) is 0. The summed E-state index contributed by atoms with van der Waals surface area (Å²) in [5.41, 5.74) is 4.20. The molecule has 2 aliphatic carbocycles. The molecule has 0 radical (unpaired) electrons. The third-order valence-electron chi connectivity index (χ3n) is 4.70. The van der Waals surface area contributed by atoms with Crippen molar-refractivity contribution in [2.24, 2.45) is 11.8 Å². The van der Waals surface area contributed by atoms with E-state index in [1.165, 1.54) is 29.5 Å². The Bertz CT molecular complexity index is 609. The van der Waals surface area contributed by atoms with E-state index in [9.17, 15) is 0 Å². The molecule has 0 aliphatic heterocycles. The molecule has 0 heteroatoms. The zero-order chi connectivity index (χ0) is 12.7. The van der Waals surface area contributed by atoms with Crippen molar-refractivity contribution >= 4 is 0 Å². The van der Waals surface area contributed by atoms with Crippen LogP contribution in [-0.4, -0.2) is 0 Å². The second kappa shape index (κ2) is 4.38. The summed E-state index contributed by atoms with van der Waals surface area (Å²) < 4.78 is 0. The lowest BCUT2D eigenvalue weighted by Crippen LogP contribution is -2.04. The van der Waals surface area contributed by atoms with Crippen LogP contribution in [0, 0.1) is 11.8 Å². The number of rotatable bonds is 2. The fraction of sp³-hybridized carbons (Fsp3) is 0.263. The zero-order valence-electron chi connectivity index (χ0n) is 11.0. The normalized spacial score (nSPS) is 27.9. The van der Waals surface area contributed by atoms with E-state index in [0.717, 1.165) is 17.8 Å². The summed E-state index contributed by atoms with van der Waals surface area (Å²) in [4.78, 5) is 0. The molecule has 94 valence electrons. The van der Waals surface area contributed by atoms with Gasteiger partial charge in [0.05, 0.1) is 0 Å². The molecule has 0 amide bonds. The summed E-state index contributed by atoms with van der Waals surface area (Å²) in [6.45, 7) is 0. The third-order valence-corrected chi connectivity index (χ3v) is 4.70. The molecule has 0 aromatic heterocycles. The van der Waals surface area contributed by atoms with Crippen molar-refractivity contribution in [3.05, 3.63) is 72.3 Å². The average Bonchev–Trinajstić information content (AvgIpc) is 3.11. The van der Waals surface area contributed by atoms with Crippen molar-refractivity contribution in [1.82, 2.24) is 0 Å². The molecule has 2 bridgehead atoms. The number of benzene rings is 2. The number of fused-ring (bicyclic) bond motifs is 2. The fourth-order valence-corrected chi connectivity index (χ4v) is 3.74. The number of allylic oxidation sites excluding steroid dienone is 2. The first kappa shape index (κ1) is 11.0. The first-order valence-electron chi connectivity index (χ1n) is 7.24. The molecular weight excluding hydrogens is 228 g/mol. The molecule has 19 heavy (non-hydrogen) atoms. The predicted octanol–water partition coefficient (Wildman–Crippen LogP) is 5.03. The van der Waals surface area contributed by atoms with Crippen LogP contribution in [0.5, 0.6) is 0 Å². The van der Waals surface area contributed by atoms with E-state index in [0.29, 0.717) is 0 Å². The summed E-state index contributed by atoms with van der Waals surface area (Å²) >= 11 is 0. The van der Waals surface area contributed by atoms with Gasteiger partial charge in [-0.05, 0) is 47.3 Å². The van der Waals surface area contributed by atoms with Crippen LogP contribution in [0.3, 0.4) is 0 Å². The molecule has 1 fully saturated rings. The second-order valence-corrected chi connectivity index (χ2v) is 5.88. The van der Waals surface area contributed by atoms with E-state index < -0.39 is 0 Å². The summed E-state index contributed by atoms with van der Waals surface area (Å²) in [7, 11) is 0. The molecule has 0 nitrogen and oxygen atoms in total. The minimum Gasteiger partial charge on any atom is -0.0851 e. The average molecular weight is 246 g/mol. The molecule has 2 aliphatic rings. The van der Waals surface area contributed by atoms with Gasteiger partial charge in [-0.1, -0.05) is 66.7 Å². The van der Waals surface area contributed by atoms with Crippen LogP contribution in [0.4, 0.5) is 0 Å². The van der Waals surface area contributed by atoms with Crippen LogP contribution >= 0.6 is 0 Å². The van der Waals surface area contributed by atoms with E-state index in [-0.39, 0.29) is 0 Å². The summed E-state index contributed by atoms with van der Waals surface area (Å²) in [6, 6.07) is 19.8. The van der Waals surface area contributed by atoms with Gasteiger partial charge in [0, 0.05) is 0 Å². The first-order valence-corrected chi connectivity index (χ1v) is 7.24. The van der Waals surface area contributed by atoms with E-state index in [2.05, 4.69) is 66.7 Å². The van der Waals surface area contributed by atoms with Gasteiger partial charge in [0.1, 0.15) is 0 Å². The van der Waals surface area contributed by atoms with Crippen LogP contribution in [0.1, 0.15) is 24.3 Å². The largest absolute Gasteiger partial charge is 0.0851 e. The highest BCUT2D eigenvalue weighted by Crippen LogP contribution is 2.49. The maximum absolute atomic E-state index is 2.44. The molecule has 3 atom stereocenters. The van der Waals surface area contributed by atoms with Crippen molar-refractivity contribution in [2.75, 3.05) is 0 Å². The fourth-order valence-electron chi connectivity index (χ4n) is 3.74. The van der Waals surface area contributed by atoms with Crippen molar-refractivity contribution < 1.29 is 0 Å². The molecule has 2 aromatic carbocycles. The maximum Gasteiger partial charge on any atom is -0.00930 e. The lowest BCUT2D eigenvalue weighted by Gasteiger charge is -2.19. The lowest BCUT2D eigenvalue weighted by atomic mass is 9.85. The molecule has 0 heterocycles. The Kier molecular flexibility index (Phi) is 2.55. The van der Waals surface area contributed by atoms with Gasteiger partial charge in [-0.15, -0.1) is 0 Å². The van der Waals surface area contributed by atoms with E-state index >= 15 is 0 Å². The molecule has 0 spiro atoms. The van der Waals surface area contributed by atoms with Crippen LogP contribution in [0.25, 0.3) is 11.1 Å². The third kappa shape index (κ3) is 1.92. The van der Waals surface area contributed by atoms with Crippen molar-refractivity contribution in [3.63, 3.8) is 0 Å². The van der Waals surface area contributed by atoms with Gasteiger partial charge >= 0.3 is 0 Å². The monoisotopic (exact) mass is 246 g/mol. The van der Waals surface area contributed by atoms with Gasteiger partial charge in [0.2, 0.25) is 0 Å². The Morgan fingerprint density at radius 2 is 1.58 bits per heavy atom. The van der Waals surface area contributed by atoms with Crippen molar-refractivity contribution in [1.29, 1.82) is 0 Å². The van der Waals surface area contributed by atoms with Crippen LogP contribution < -0.4 is 0 Å². The van der Waals surface area contributed by atoms with Gasteiger partial charge in [-0.2, -0.15) is 0 Å². The van der Waals surface area contributed by atoms with Crippen LogP contribution in [0.15, 0.2) is 66.7 Å². The van der Waals surface area contributed by atoms with E-state index in [1.54, 1.807) is 0 Å². The minimum absolute atomic E-state index is 0.749. The Balaban J connectivity index is 1.70. The Labute approximate surface area is 114 Å². The summed E-state index contributed by atoms with van der Waals surface area (Å²) in [5.74, 6) is 2.38. The molecule has 3 unspecified atom stereocenters. The Morgan fingerprint density at radius 3 is 2.32 bits per heavy atom. The topological polar surface area (TPSA) is 0 Å². The molecule has 4 rings (SSSR count). The zero-order valence-corrected chi connectivity index (χ0v) is 11.0. The van der Waals surface area contributed by atoms with E-state index in [1.807, 2.05) is 0 Å². The van der Waals surface area contributed by atoms with E-state index in [4.69, 9.17) is 0 Å². The molecule has 0 saturated heterocycles. The minimum atomic E-state index is 0.749. The summed E-state index contributed by atoms with van der Waals surface area (Å²) in [6.07, 6.45) is 7.58. The second-order valence-electron chi connectivity index (χ2n) is 5.88. The predicted molar refractivity (Wildman–Crippen MR) is 80.0 cm³/mol. The lowest BCUT2D eigenvalue weighted by molar-refractivity contribution is 0.586. The van der Waals surface area contributed by atoms with Gasteiger partial charge in [-0.3, -0.25) is 0 Å². The Hall–Kier alpha value is -1.82. The first-order chi connectivity index (χ1) is 9.40. The van der Waals surface area contributed by atoms with Crippen molar-refractivity contribution in [2.45, 2.75) is 18.8 Å². The van der Waals surface area contributed by atoms with Crippen molar-refractivity contribution in [3.8, 4) is 11.1 Å². The quantitative estimate of drug-likeness (QED) is 0.652. The SMILES string of the molecule is C1=CC2CC1CC2c1cccc(-c2ccccc2)c1. The maximum atomic E-state index is 2.44. The molecule has 1 saturated carbocycles. The Morgan fingerprint density at radius 1 is 0.737 bits per heavy atom. The standard InChI is InChI=1S/C19H18/c1-2-5-15(6-3-1)16-7-4-8-17(13-16)19-12-14-9-10-18(19)11-14/h1-10,13-14,18-19H,11-12H2. The highest BCUT2D eigenvalue weighted by Gasteiger charge is 2.36. The molecule has 0 N–H and O–H groups in total. The van der Waals surface area contributed by atoms with Gasteiger partial charge in [0.15, 0.2) is 0 Å². The molecule has 2 aromatic rings. The molecular formula is C19H18. The summed E-state index contributed by atoms with van der Waals surface area (Å²) in [5, 5.41) is 0. The highest BCUT2D eigenvalue weighted by molar-refractivity contribution is 5.64. The van der Waals surface area contributed by atoms with Crippen LogP contribution in [-0.2, 0) is 0 Å². The van der Waals surface area contributed by atoms with Gasteiger partial charge < -0.3 is 0 Å². The smallest absolute Gasteiger partial charge is 0.00930 e. The van der Waals surface area contributed by atoms with Gasteiger partial charge in [0.25, 0.3) is 0 Å².